The summed E-state index contributed by atoms with van der Waals surface area (Å²) in [6, 6.07) is 3.24. The fraction of sp³-hybridized carbons (Fsp3) is 0.286. The predicted molar refractivity (Wildman–Crippen MR) is 89.9 cm³/mol. The van der Waals surface area contributed by atoms with Gasteiger partial charge in [0.1, 0.15) is 17.5 Å². The number of halogens is 3. The molecule has 0 fully saturated rings. The molecule has 0 amide bonds. The number of nitrogens with two attached hydrogens (primary N) is 1. The number of nitrogens with one attached hydrogen (secondary N) is 1. The molecule has 1 aromatic heterocycles. The zero-order valence-electron chi connectivity index (χ0n) is 11.7. The van der Waals surface area contributed by atoms with Crippen molar-refractivity contribution in [1.82, 2.24) is 9.97 Å². The molecule has 0 aliphatic heterocycles. The van der Waals surface area contributed by atoms with Gasteiger partial charge in [-0.15, -0.1) is 0 Å². The molecule has 7 heteroatoms. The van der Waals surface area contributed by atoms with Crippen molar-refractivity contribution >= 4 is 52.1 Å². The molecule has 0 unspecified atom stereocenters. The lowest BCUT2D eigenvalue weighted by Crippen LogP contribution is -2.07. The molecule has 0 bridgehead atoms. The summed E-state index contributed by atoms with van der Waals surface area (Å²) in [7, 11) is 0. The fourth-order valence-electron chi connectivity index (χ4n) is 1.79. The van der Waals surface area contributed by atoms with E-state index in [2.05, 4.69) is 22.2 Å². The Kier molecular flexibility index (Phi) is 5.14. The highest BCUT2D eigenvalue weighted by molar-refractivity contribution is 6.44. The molecule has 1 heterocycles. The van der Waals surface area contributed by atoms with Crippen LogP contribution in [0.15, 0.2) is 12.1 Å². The van der Waals surface area contributed by atoms with Gasteiger partial charge in [-0.2, -0.15) is 0 Å². The molecule has 0 aliphatic carbocycles. The molecule has 0 saturated carbocycles. The average molecular weight is 346 g/mol. The molecule has 4 nitrogen and oxygen atoms in total. The van der Waals surface area contributed by atoms with Crippen LogP contribution in [0.4, 0.5) is 17.3 Å². The molecule has 2 rings (SSSR count). The second kappa shape index (κ2) is 6.69. The van der Waals surface area contributed by atoms with Gasteiger partial charge in [-0.1, -0.05) is 41.7 Å². The molecular formula is C14H15Cl3N4. The van der Waals surface area contributed by atoms with E-state index in [-0.39, 0.29) is 0 Å². The first kappa shape index (κ1) is 16.1. The highest BCUT2D eigenvalue weighted by atomic mass is 35.5. The van der Waals surface area contributed by atoms with E-state index in [1.807, 2.05) is 6.92 Å². The van der Waals surface area contributed by atoms with Gasteiger partial charge in [0, 0.05) is 12.0 Å². The van der Waals surface area contributed by atoms with Crippen molar-refractivity contribution in [2.45, 2.75) is 26.7 Å². The van der Waals surface area contributed by atoms with E-state index in [1.165, 1.54) is 0 Å². The molecule has 0 radical (unpaired) electrons. The van der Waals surface area contributed by atoms with E-state index in [0.717, 1.165) is 18.4 Å². The molecule has 1 aromatic carbocycles. The molecule has 2 aromatic rings. The maximum absolute atomic E-state index is 6.16. The first-order chi connectivity index (χ1) is 9.92. The number of nitrogens with zero attached hydrogens (tertiary/aromatic N) is 2. The SMILES string of the molecule is CCCc1nc(N)c(C)c(Nc2cc(Cl)c(Cl)cc2Cl)n1. The summed E-state index contributed by atoms with van der Waals surface area (Å²) in [5.41, 5.74) is 7.31. The van der Waals surface area contributed by atoms with Gasteiger partial charge >= 0.3 is 0 Å². The van der Waals surface area contributed by atoms with Crippen LogP contribution >= 0.6 is 34.8 Å². The van der Waals surface area contributed by atoms with Gasteiger partial charge in [-0.05, 0) is 25.5 Å². The van der Waals surface area contributed by atoms with Crippen LogP contribution in [-0.2, 0) is 6.42 Å². The van der Waals surface area contributed by atoms with E-state index >= 15 is 0 Å². The molecule has 0 atom stereocenters. The van der Waals surface area contributed by atoms with Crippen molar-refractivity contribution in [2.24, 2.45) is 0 Å². The second-order valence-corrected chi connectivity index (χ2v) is 5.84. The summed E-state index contributed by atoms with van der Waals surface area (Å²) in [5, 5.41) is 4.41. The number of nitrogen functional groups attached to an aromatic ring is 1. The number of aryl methyl sites for hydroxylation is 1. The van der Waals surface area contributed by atoms with E-state index in [9.17, 15) is 0 Å². The Bertz CT molecular complexity index is 674. The second-order valence-electron chi connectivity index (χ2n) is 4.62. The van der Waals surface area contributed by atoms with Crippen molar-refractivity contribution in [3.8, 4) is 0 Å². The summed E-state index contributed by atoms with van der Waals surface area (Å²) < 4.78 is 0. The summed E-state index contributed by atoms with van der Waals surface area (Å²) >= 11 is 18.1. The zero-order valence-corrected chi connectivity index (χ0v) is 13.9. The molecular weight excluding hydrogens is 331 g/mol. The molecule has 112 valence electrons. The van der Waals surface area contributed by atoms with E-state index in [1.54, 1.807) is 12.1 Å². The van der Waals surface area contributed by atoms with Gasteiger partial charge in [0.25, 0.3) is 0 Å². The van der Waals surface area contributed by atoms with E-state index < -0.39 is 0 Å². The Morgan fingerprint density at radius 1 is 1.10 bits per heavy atom. The Morgan fingerprint density at radius 3 is 2.43 bits per heavy atom. The minimum absolute atomic E-state index is 0.401. The minimum Gasteiger partial charge on any atom is -0.383 e. The van der Waals surface area contributed by atoms with Gasteiger partial charge in [-0.3, -0.25) is 0 Å². The summed E-state index contributed by atoms with van der Waals surface area (Å²) in [4.78, 5) is 8.74. The fourth-order valence-corrected chi connectivity index (χ4v) is 2.38. The van der Waals surface area contributed by atoms with Crippen molar-refractivity contribution in [1.29, 1.82) is 0 Å². The average Bonchev–Trinajstić information content (AvgIpc) is 2.42. The molecule has 0 aliphatic rings. The number of anilines is 3. The van der Waals surface area contributed by atoms with Gasteiger partial charge in [0.05, 0.1) is 20.8 Å². The molecule has 0 spiro atoms. The van der Waals surface area contributed by atoms with Crippen molar-refractivity contribution in [2.75, 3.05) is 11.1 Å². The number of rotatable bonds is 4. The zero-order chi connectivity index (χ0) is 15.6. The largest absolute Gasteiger partial charge is 0.383 e. The third-order valence-electron chi connectivity index (χ3n) is 2.97. The van der Waals surface area contributed by atoms with Gasteiger partial charge in [-0.25, -0.2) is 9.97 Å². The van der Waals surface area contributed by atoms with Crippen LogP contribution in [0, 0.1) is 6.92 Å². The number of hydrogen-bond acceptors (Lipinski definition) is 4. The lowest BCUT2D eigenvalue weighted by Gasteiger charge is -2.13. The monoisotopic (exact) mass is 344 g/mol. The maximum Gasteiger partial charge on any atom is 0.139 e. The highest BCUT2D eigenvalue weighted by Gasteiger charge is 2.12. The van der Waals surface area contributed by atoms with Crippen molar-refractivity contribution in [3.05, 3.63) is 38.6 Å². The molecule has 3 N–H and O–H groups in total. The highest BCUT2D eigenvalue weighted by Crippen LogP contribution is 2.34. The summed E-state index contributed by atoms with van der Waals surface area (Å²) in [5.74, 6) is 1.76. The Balaban J connectivity index is 2.41. The molecule has 0 saturated heterocycles. The third-order valence-corrected chi connectivity index (χ3v) is 4.00. The van der Waals surface area contributed by atoms with Gasteiger partial charge in [0.15, 0.2) is 0 Å². The number of benzene rings is 1. The Hall–Kier alpha value is -1.23. The number of hydrogen-bond donors (Lipinski definition) is 2. The third kappa shape index (κ3) is 3.70. The lowest BCUT2D eigenvalue weighted by atomic mass is 10.2. The van der Waals surface area contributed by atoms with Crippen LogP contribution in [0.5, 0.6) is 0 Å². The van der Waals surface area contributed by atoms with Crippen LogP contribution in [0.1, 0.15) is 24.7 Å². The van der Waals surface area contributed by atoms with Crippen molar-refractivity contribution < 1.29 is 0 Å². The van der Waals surface area contributed by atoms with Crippen LogP contribution in [0.3, 0.4) is 0 Å². The van der Waals surface area contributed by atoms with Crippen LogP contribution in [0.25, 0.3) is 0 Å². The first-order valence-corrected chi connectivity index (χ1v) is 7.60. The Morgan fingerprint density at radius 2 is 1.76 bits per heavy atom. The quantitative estimate of drug-likeness (QED) is 0.763. The lowest BCUT2D eigenvalue weighted by molar-refractivity contribution is 0.836. The Labute approximate surface area is 138 Å². The standard InChI is InChI=1S/C14H15Cl3N4/c1-3-4-12-20-13(18)7(2)14(21-12)19-11-6-9(16)8(15)5-10(11)17/h5-6H,3-4H2,1-2H3,(H3,18,19,20,21). The smallest absolute Gasteiger partial charge is 0.139 e. The van der Waals surface area contributed by atoms with Crippen LogP contribution < -0.4 is 11.1 Å². The normalized spacial score (nSPS) is 10.7. The van der Waals surface area contributed by atoms with Crippen LogP contribution in [0.2, 0.25) is 15.1 Å². The maximum atomic E-state index is 6.16. The topological polar surface area (TPSA) is 63.8 Å². The van der Waals surface area contributed by atoms with Gasteiger partial charge in [0.2, 0.25) is 0 Å². The molecule has 21 heavy (non-hydrogen) atoms. The van der Waals surface area contributed by atoms with Crippen LogP contribution in [-0.4, -0.2) is 9.97 Å². The summed E-state index contributed by atoms with van der Waals surface area (Å²) in [6.07, 6.45) is 1.70. The summed E-state index contributed by atoms with van der Waals surface area (Å²) in [6.45, 7) is 3.90. The van der Waals surface area contributed by atoms with E-state index in [4.69, 9.17) is 40.5 Å². The minimum atomic E-state index is 0.401. The predicted octanol–water partition coefficient (Wildman–Crippen LogP) is 5.02. The number of aromatic nitrogens is 2. The first-order valence-electron chi connectivity index (χ1n) is 6.47. The van der Waals surface area contributed by atoms with Gasteiger partial charge < -0.3 is 11.1 Å². The van der Waals surface area contributed by atoms with Crippen molar-refractivity contribution in [3.63, 3.8) is 0 Å². The van der Waals surface area contributed by atoms with E-state index in [0.29, 0.717) is 38.2 Å².